The van der Waals surface area contributed by atoms with Crippen LogP contribution in [0.15, 0.2) is 71.7 Å². The molecule has 0 spiro atoms. The molecule has 2 aromatic carbocycles. The average molecular weight is 412 g/mol. The van der Waals surface area contributed by atoms with Crippen LogP contribution in [-0.2, 0) is 6.54 Å². The molecule has 0 saturated carbocycles. The van der Waals surface area contributed by atoms with Crippen LogP contribution in [0.1, 0.15) is 41.4 Å². The van der Waals surface area contributed by atoms with E-state index in [1.807, 2.05) is 51.1 Å². The molecule has 4 rings (SSSR count). The molecule has 4 aromatic rings. The van der Waals surface area contributed by atoms with Crippen molar-refractivity contribution in [3.63, 3.8) is 0 Å². The second-order valence-corrected chi connectivity index (χ2v) is 7.82. The molecule has 0 radical (unpaired) electrons. The van der Waals surface area contributed by atoms with Crippen molar-refractivity contribution in [3.8, 4) is 11.3 Å². The van der Waals surface area contributed by atoms with Gasteiger partial charge < -0.3 is 5.32 Å². The highest BCUT2D eigenvalue weighted by molar-refractivity contribution is 5.94. The first-order valence-electron chi connectivity index (χ1n) is 10.3. The number of carbonyl (C=O) groups is 1. The number of hydrogen-bond acceptors (Lipinski definition) is 4. The quantitative estimate of drug-likeness (QED) is 0.531. The fourth-order valence-electron chi connectivity index (χ4n) is 3.48. The van der Waals surface area contributed by atoms with Gasteiger partial charge in [0.2, 0.25) is 0 Å². The van der Waals surface area contributed by atoms with Crippen LogP contribution in [-0.4, -0.2) is 20.4 Å². The maximum absolute atomic E-state index is 13.1. The normalized spacial score (nSPS) is 11.1. The highest BCUT2D eigenvalue weighted by Crippen LogP contribution is 2.19. The Kier molecular flexibility index (Phi) is 5.62. The zero-order chi connectivity index (χ0) is 22.0. The van der Waals surface area contributed by atoms with Gasteiger partial charge >= 0.3 is 0 Å². The molecule has 0 aliphatic heterocycles. The lowest BCUT2D eigenvalue weighted by molar-refractivity contribution is 0.0951. The first-order valence-corrected chi connectivity index (χ1v) is 10.3. The molecule has 0 aliphatic carbocycles. The number of nitrogens with zero attached hydrogens (tertiary/aromatic N) is 3. The van der Waals surface area contributed by atoms with Gasteiger partial charge in [0.05, 0.1) is 0 Å². The van der Waals surface area contributed by atoms with Crippen molar-refractivity contribution in [2.24, 2.45) is 0 Å². The van der Waals surface area contributed by atoms with Crippen molar-refractivity contribution < 1.29 is 4.79 Å². The summed E-state index contributed by atoms with van der Waals surface area (Å²) in [5.41, 5.74) is 4.80. The van der Waals surface area contributed by atoms with E-state index in [2.05, 4.69) is 15.3 Å². The minimum Gasteiger partial charge on any atom is -0.348 e. The molecule has 6 heteroatoms. The highest BCUT2D eigenvalue weighted by atomic mass is 16.1. The van der Waals surface area contributed by atoms with Crippen molar-refractivity contribution >= 4 is 17.1 Å². The molecule has 0 fully saturated rings. The minimum absolute atomic E-state index is 0.0570. The number of aryl methyl sites for hydroxylation is 1. The van der Waals surface area contributed by atoms with Crippen molar-refractivity contribution in [2.75, 3.05) is 0 Å². The van der Waals surface area contributed by atoms with E-state index in [4.69, 9.17) is 0 Å². The maximum Gasteiger partial charge on any atom is 0.278 e. The summed E-state index contributed by atoms with van der Waals surface area (Å²) in [6, 6.07) is 18.6. The van der Waals surface area contributed by atoms with Gasteiger partial charge in [-0.3, -0.25) is 14.2 Å². The minimum atomic E-state index is -0.197. The first kappa shape index (κ1) is 20.5. The third-order valence-corrected chi connectivity index (χ3v) is 5.16. The van der Waals surface area contributed by atoms with E-state index in [0.717, 1.165) is 5.56 Å². The van der Waals surface area contributed by atoms with E-state index in [1.165, 1.54) is 5.56 Å². The Morgan fingerprint density at radius 2 is 1.74 bits per heavy atom. The Morgan fingerprint density at radius 1 is 1.03 bits per heavy atom. The monoisotopic (exact) mass is 412 g/mol. The Balaban J connectivity index is 1.60. The zero-order valence-corrected chi connectivity index (χ0v) is 17.8. The van der Waals surface area contributed by atoms with Crippen molar-refractivity contribution in [1.82, 2.24) is 19.9 Å². The second-order valence-electron chi connectivity index (χ2n) is 7.82. The smallest absolute Gasteiger partial charge is 0.278 e. The van der Waals surface area contributed by atoms with E-state index < -0.39 is 0 Å². The molecule has 6 nitrogen and oxygen atoms in total. The molecule has 0 saturated heterocycles. The Bertz CT molecular complexity index is 1290. The van der Waals surface area contributed by atoms with Gasteiger partial charge in [0.15, 0.2) is 5.65 Å². The number of nitrogens with one attached hydrogen (secondary N) is 1. The van der Waals surface area contributed by atoms with Crippen LogP contribution < -0.4 is 10.9 Å². The summed E-state index contributed by atoms with van der Waals surface area (Å²) in [6.07, 6.45) is 1.66. The van der Waals surface area contributed by atoms with Crippen LogP contribution in [0.5, 0.6) is 0 Å². The zero-order valence-electron chi connectivity index (χ0n) is 17.8. The molecule has 156 valence electrons. The van der Waals surface area contributed by atoms with Gasteiger partial charge in [-0.2, -0.15) is 0 Å². The molecule has 0 aliphatic rings. The molecular formula is C25H24N4O2. The van der Waals surface area contributed by atoms with Crippen molar-refractivity contribution in [3.05, 3.63) is 93.9 Å². The second kappa shape index (κ2) is 8.52. The number of carbonyl (C=O) groups excluding carboxylic acids is 1. The standard InChI is InChI=1S/C25H24N4O2/c1-16(2)29-23-21(5-4-14-26-23)28-22(25(29)31)19-10-12-20(13-11-19)24(30)27-15-18-8-6-17(3)7-9-18/h4-14,16H,15H2,1-3H3,(H,27,30). The molecular weight excluding hydrogens is 388 g/mol. The van der Waals surface area contributed by atoms with Gasteiger partial charge in [-0.25, -0.2) is 9.97 Å². The predicted molar refractivity (Wildman–Crippen MR) is 122 cm³/mol. The van der Waals surface area contributed by atoms with Crippen LogP contribution in [0.4, 0.5) is 0 Å². The predicted octanol–water partition coefficient (Wildman–Crippen LogP) is 4.28. The first-order chi connectivity index (χ1) is 14.9. The lowest BCUT2D eigenvalue weighted by Crippen LogP contribution is -2.26. The van der Waals surface area contributed by atoms with Crippen LogP contribution >= 0.6 is 0 Å². The summed E-state index contributed by atoms with van der Waals surface area (Å²) >= 11 is 0. The number of amides is 1. The van der Waals surface area contributed by atoms with E-state index >= 15 is 0 Å². The summed E-state index contributed by atoms with van der Waals surface area (Å²) in [7, 11) is 0. The summed E-state index contributed by atoms with van der Waals surface area (Å²) in [6.45, 7) is 6.38. The Labute approximate surface area is 180 Å². The molecule has 0 unspecified atom stereocenters. The third-order valence-electron chi connectivity index (χ3n) is 5.16. The topological polar surface area (TPSA) is 76.9 Å². The largest absolute Gasteiger partial charge is 0.348 e. The molecule has 0 bridgehead atoms. The van der Waals surface area contributed by atoms with Gasteiger partial charge in [-0.05, 0) is 50.6 Å². The summed E-state index contributed by atoms with van der Waals surface area (Å²) in [4.78, 5) is 34.5. The number of rotatable bonds is 5. The van der Waals surface area contributed by atoms with Crippen LogP contribution in [0.2, 0.25) is 0 Å². The fraction of sp³-hybridized carbons (Fsp3) is 0.200. The number of hydrogen-bond donors (Lipinski definition) is 1. The Morgan fingerprint density at radius 3 is 2.42 bits per heavy atom. The van der Waals surface area contributed by atoms with Gasteiger partial charge in [-0.1, -0.05) is 42.0 Å². The molecule has 1 N–H and O–H groups in total. The summed E-state index contributed by atoms with van der Waals surface area (Å²) in [5, 5.41) is 2.92. The van der Waals surface area contributed by atoms with Crippen molar-refractivity contribution in [2.45, 2.75) is 33.4 Å². The fourth-order valence-corrected chi connectivity index (χ4v) is 3.48. The molecule has 1 amide bonds. The molecule has 31 heavy (non-hydrogen) atoms. The van der Waals surface area contributed by atoms with Gasteiger partial charge in [0.25, 0.3) is 11.5 Å². The summed E-state index contributed by atoms with van der Waals surface area (Å²) < 4.78 is 1.65. The van der Waals surface area contributed by atoms with Crippen molar-refractivity contribution in [1.29, 1.82) is 0 Å². The lowest BCUT2D eigenvalue weighted by Gasteiger charge is -2.14. The van der Waals surface area contributed by atoms with Gasteiger partial charge in [0.1, 0.15) is 11.2 Å². The summed E-state index contributed by atoms with van der Waals surface area (Å²) in [5.74, 6) is -0.164. The van der Waals surface area contributed by atoms with Crippen LogP contribution in [0.25, 0.3) is 22.4 Å². The SMILES string of the molecule is Cc1ccc(CNC(=O)c2ccc(-c3nc4cccnc4n(C(C)C)c3=O)cc2)cc1. The number of fused-ring (bicyclic) bond motifs is 1. The van der Waals surface area contributed by atoms with Crippen LogP contribution in [0, 0.1) is 6.92 Å². The Hall–Kier alpha value is -3.80. The average Bonchev–Trinajstić information content (AvgIpc) is 2.78. The van der Waals surface area contributed by atoms with E-state index in [9.17, 15) is 9.59 Å². The van der Waals surface area contributed by atoms with E-state index in [-0.39, 0.29) is 17.5 Å². The number of aromatic nitrogens is 3. The van der Waals surface area contributed by atoms with Gasteiger partial charge in [-0.15, -0.1) is 0 Å². The lowest BCUT2D eigenvalue weighted by atomic mass is 10.1. The highest BCUT2D eigenvalue weighted by Gasteiger charge is 2.16. The van der Waals surface area contributed by atoms with E-state index in [1.54, 1.807) is 41.1 Å². The maximum atomic E-state index is 13.1. The van der Waals surface area contributed by atoms with Crippen LogP contribution in [0.3, 0.4) is 0 Å². The molecule has 2 heterocycles. The number of pyridine rings is 1. The molecule has 0 atom stereocenters. The molecule has 2 aromatic heterocycles. The number of benzene rings is 2. The van der Waals surface area contributed by atoms with Gasteiger partial charge in [0, 0.05) is 29.9 Å². The third kappa shape index (κ3) is 4.23. The van der Waals surface area contributed by atoms with E-state index in [0.29, 0.717) is 34.5 Å².